The van der Waals surface area contributed by atoms with Crippen LogP contribution in [0.5, 0.6) is 0 Å². The molecule has 0 spiro atoms. The van der Waals surface area contributed by atoms with Gasteiger partial charge in [0.15, 0.2) is 0 Å². The molecule has 10 nitrogen and oxygen atoms in total. The van der Waals surface area contributed by atoms with E-state index in [1.807, 2.05) is 0 Å². The highest BCUT2D eigenvalue weighted by Gasteiger charge is 2.21. The average molecular weight is 493 g/mol. The number of carbonyl (C=O) groups is 4. The van der Waals surface area contributed by atoms with E-state index in [2.05, 4.69) is 6.92 Å². The Kier molecular flexibility index (Phi) is 10.1. The molecule has 3 rings (SSSR count). The van der Waals surface area contributed by atoms with Crippen LogP contribution in [0.3, 0.4) is 0 Å². The Morgan fingerprint density at radius 3 is 1.78 bits per heavy atom. The van der Waals surface area contributed by atoms with Gasteiger partial charge in [-0.05, 0) is 61.5 Å². The van der Waals surface area contributed by atoms with Crippen LogP contribution in [0.15, 0.2) is 66.7 Å². The topological polar surface area (TPSA) is 167 Å². The Balaban J connectivity index is 0.000000830. The van der Waals surface area contributed by atoms with Crippen molar-refractivity contribution in [1.82, 2.24) is 0 Å². The van der Waals surface area contributed by atoms with Gasteiger partial charge >= 0.3 is 11.9 Å². The Labute approximate surface area is 208 Å². The van der Waals surface area contributed by atoms with E-state index in [0.29, 0.717) is 24.2 Å². The van der Waals surface area contributed by atoms with Crippen molar-refractivity contribution >= 4 is 53.2 Å². The van der Waals surface area contributed by atoms with E-state index >= 15 is 0 Å². The van der Waals surface area contributed by atoms with Crippen molar-refractivity contribution in [3.63, 3.8) is 0 Å². The standard InChI is InChI=1S/C22H17N3O6.C4H11N/c23-17-5-3-7-19(20(17)22(30)31)25(13-27)15-10-8-14(9-11-15)24(12-26)18-6-2-1-4-16(18)21(28)29;1-2-3-4-5/h1-13H,23H2,(H,28,29)(H,30,31);2-5H2,1H3. The van der Waals surface area contributed by atoms with Crippen LogP contribution in [0.4, 0.5) is 28.4 Å². The zero-order valence-electron chi connectivity index (χ0n) is 19.7. The lowest BCUT2D eigenvalue weighted by Gasteiger charge is -2.23. The summed E-state index contributed by atoms with van der Waals surface area (Å²) in [6.45, 7) is 2.98. The van der Waals surface area contributed by atoms with Gasteiger partial charge in [0.25, 0.3) is 0 Å². The zero-order valence-corrected chi connectivity index (χ0v) is 19.7. The molecule has 36 heavy (non-hydrogen) atoms. The van der Waals surface area contributed by atoms with E-state index in [4.69, 9.17) is 11.5 Å². The van der Waals surface area contributed by atoms with Crippen LogP contribution < -0.4 is 21.3 Å². The molecule has 0 aromatic heterocycles. The molecule has 0 radical (unpaired) electrons. The normalized spacial score (nSPS) is 9.94. The number of nitrogens with zero attached hydrogens (tertiary/aromatic N) is 2. The van der Waals surface area contributed by atoms with Crippen LogP contribution in [-0.2, 0) is 9.59 Å². The third kappa shape index (κ3) is 6.45. The van der Waals surface area contributed by atoms with Crippen molar-refractivity contribution in [1.29, 1.82) is 0 Å². The van der Waals surface area contributed by atoms with E-state index in [-0.39, 0.29) is 28.2 Å². The molecule has 0 aliphatic rings. The first kappa shape index (κ1) is 27.5. The monoisotopic (exact) mass is 492 g/mol. The largest absolute Gasteiger partial charge is 0.478 e. The molecule has 188 valence electrons. The first-order chi connectivity index (χ1) is 17.3. The summed E-state index contributed by atoms with van der Waals surface area (Å²) >= 11 is 0. The molecule has 0 bridgehead atoms. The van der Waals surface area contributed by atoms with E-state index in [1.54, 1.807) is 12.1 Å². The molecule has 0 heterocycles. The van der Waals surface area contributed by atoms with Gasteiger partial charge in [-0.1, -0.05) is 31.5 Å². The van der Waals surface area contributed by atoms with Gasteiger partial charge < -0.3 is 21.7 Å². The fourth-order valence-electron chi connectivity index (χ4n) is 3.35. The number of hydrogen-bond acceptors (Lipinski definition) is 6. The SMILES string of the molecule is CCCCN.Nc1cccc(N(C=O)c2ccc(N(C=O)c3ccccc3C(=O)O)cc2)c1C(=O)O. The minimum absolute atomic E-state index is 0.00544. The number of carbonyl (C=O) groups excluding carboxylic acids is 2. The van der Waals surface area contributed by atoms with E-state index < -0.39 is 11.9 Å². The maximum Gasteiger partial charge on any atom is 0.339 e. The van der Waals surface area contributed by atoms with Crippen molar-refractivity contribution in [2.75, 3.05) is 22.1 Å². The predicted molar refractivity (Wildman–Crippen MR) is 138 cm³/mol. The summed E-state index contributed by atoms with van der Waals surface area (Å²) in [5.41, 5.74) is 11.6. The number of nitrogens with two attached hydrogens (primary N) is 2. The maximum absolute atomic E-state index is 11.8. The average Bonchev–Trinajstić information content (AvgIpc) is 2.87. The number of unbranched alkanes of at least 4 members (excludes halogenated alkanes) is 1. The second-order valence-corrected chi connectivity index (χ2v) is 7.48. The van der Waals surface area contributed by atoms with E-state index in [0.717, 1.165) is 16.3 Å². The number of aromatic carboxylic acids is 2. The summed E-state index contributed by atoms with van der Waals surface area (Å²) in [5.74, 6) is -2.47. The number of amides is 2. The number of carboxylic acids is 2. The minimum Gasteiger partial charge on any atom is -0.478 e. The van der Waals surface area contributed by atoms with Gasteiger partial charge in [-0.3, -0.25) is 19.4 Å². The van der Waals surface area contributed by atoms with Gasteiger partial charge in [0, 0.05) is 17.1 Å². The molecule has 0 unspecified atom stereocenters. The Bertz CT molecular complexity index is 1210. The van der Waals surface area contributed by atoms with E-state index in [9.17, 15) is 29.4 Å². The lowest BCUT2D eigenvalue weighted by molar-refractivity contribution is -0.107. The van der Waals surface area contributed by atoms with Crippen LogP contribution in [0.25, 0.3) is 0 Å². The van der Waals surface area contributed by atoms with Gasteiger partial charge in [0.1, 0.15) is 5.56 Å². The van der Waals surface area contributed by atoms with E-state index in [1.165, 1.54) is 67.4 Å². The Morgan fingerprint density at radius 1 is 0.806 bits per heavy atom. The van der Waals surface area contributed by atoms with Crippen molar-refractivity contribution in [2.45, 2.75) is 19.8 Å². The summed E-state index contributed by atoms with van der Waals surface area (Å²) in [6, 6.07) is 16.4. The molecule has 3 aromatic carbocycles. The van der Waals surface area contributed by atoms with Gasteiger partial charge in [-0.15, -0.1) is 0 Å². The Morgan fingerprint density at radius 2 is 1.33 bits per heavy atom. The molecule has 0 aliphatic heterocycles. The third-order valence-electron chi connectivity index (χ3n) is 5.12. The lowest BCUT2D eigenvalue weighted by Crippen LogP contribution is -2.20. The van der Waals surface area contributed by atoms with Gasteiger partial charge in [-0.25, -0.2) is 9.59 Å². The number of hydrogen-bond donors (Lipinski definition) is 4. The molecule has 0 fully saturated rings. The van der Waals surface area contributed by atoms with Crippen molar-refractivity contribution in [2.24, 2.45) is 5.73 Å². The molecular formula is C26H28N4O6. The molecule has 0 atom stereocenters. The van der Waals surface area contributed by atoms with Crippen LogP contribution in [0.2, 0.25) is 0 Å². The summed E-state index contributed by atoms with van der Waals surface area (Å²) < 4.78 is 0. The van der Waals surface area contributed by atoms with Crippen molar-refractivity contribution in [3.05, 3.63) is 77.9 Å². The fraction of sp³-hybridized carbons (Fsp3) is 0.154. The molecular weight excluding hydrogens is 464 g/mol. The summed E-state index contributed by atoms with van der Waals surface area (Å²) in [4.78, 5) is 48.8. The number of para-hydroxylation sites is 1. The van der Waals surface area contributed by atoms with Gasteiger partial charge in [-0.2, -0.15) is 0 Å². The maximum atomic E-state index is 11.8. The van der Waals surface area contributed by atoms with Crippen molar-refractivity contribution in [3.8, 4) is 0 Å². The summed E-state index contributed by atoms with van der Waals surface area (Å²) in [5, 5.41) is 18.8. The van der Waals surface area contributed by atoms with Crippen LogP contribution in [0.1, 0.15) is 40.5 Å². The number of nitrogen functional groups attached to an aromatic ring is 1. The highest BCUT2D eigenvalue weighted by atomic mass is 16.4. The van der Waals surface area contributed by atoms with Crippen LogP contribution in [-0.4, -0.2) is 41.5 Å². The number of anilines is 5. The molecule has 0 saturated heterocycles. The van der Waals surface area contributed by atoms with Crippen LogP contribution in [0, 0.1) is 0 Å². The minimum atomic E-state index is -1.28. The molecule has 2 amide bonds. The fourth-order valence-corrected chi connectivity index (χ4v) is 3.35. The first-order valence-electron chi connectivity index (χ1n) is 11.0. The highest BCUT2D eigenvalue weighted by molar-refractivity contribution is 6.05. The molecule has 10 heteroatoms. The molecule has 0 saturated carbocycles. The van der Waals surface area contributed by atoms with Crippen LogP contribution >= 0.6 is 0 Å². The summed E-state index contributed by atoms with van der Waals surface area (Å²) in [6.07, 6.45) is 3.32. The predicted octanol–water partition coefficient (Wildman–Crippen LogP) is 4.00. The number of rotatable bonds is 10. The molecule has 3 aromatic rings. The van der Waals surface area contributed by atoms with Crippen molar-refractivity contribution < 1.29 is 29.4 Å². The van der Waals surface area contributed by atoms with Gasteiger partial charge in [0.2, 0.25) is 12.8 Å². The quantitative estimate of drug-likeness (QED) is 0.243. The zero-order chi connectivity index (χ0) is 26.7. The molecule has 0 aliphatic carbocycles. The second-order valence-electron chi connectivity index (χ2n) is 7.48. The Hall–Kier alpha value is -4.70. The third-order valence-corrected chi connectivity index (χ3v) is 5.12. The summed E-state index contributed by atoms with van der Waals surface area (Å²) in [7, 11) is 0. The first-order valence-corrected chi connectivity index (χ1v) is 11.0. The van der Waals surface area contributed by atoms with Gasteiger partial charge in [0.05, 0.1) is 16.9 Å². The second kappa shape index (κ2) is 13.3. The number of carboxylic acid groups (broad SMARTS) is 2. The number of benzene rings is 3. The lowest BCUT2D eigenvalue weighted by atomic mass is 10.1. The molecule has 6 N–H and O–H groups in total. The highest BCUT2D eigenvalue weighted by Crippen LogP contribution is 2.33. The smallest absolute Gasteiger partial charge is 0.339 e.